The first-order valence-corrected chi connectivity index (χ1v) is 11.2. The van der Waals surface area contributed by atoms with Gasteiger partial charge in [-0.1, -0.05) is 42.5 Å². The maximum absolute atomic E-state index is 13.4. The Kier molecular flexibility index (Phi) is 5.30. The number of aromatic nitrogens is 2. The Morgan fingerprint density at radius 2 is 1.70 bits per heavy atom. The van der Waals surface area contributed by atoms with Crippen LogP contribution in [0.15, 0.2) is 54.6 Å². The molecule has 30 heavy (non-hydrogen) atoms. The van der Waals surface area contributed by atoms with Crippen LogP contribution in [0.5, 0.6) is 0 Å². The first-order chi connectivity index (χ1) is 14.7. The zero-order valence-electron chi connectivity index (χ0n) is 17.7. The number of nitrogens with zero attached hydrogens (tertiary/aromatic N) is 4. The molecule has 1 aromatic heterocycles. The van der Waals surface area contributed by atoms with Crippen LogP contribution in [0.1, 0.15) is 37.1 Å². The predicted molar refractivity (Wildman–Crippen MR) is 119 cm³/mol. The van der Waals surface area contributed by atoms with Crippen LogP contribution in [0.3, 0.4) is 0 Å². The highest BCUT2D eigenvalue weighted by molar-refractivity contribution is 5.81. The molecular weight excluding hydrogens is 372 g/mol. The summed E-state index contributed by atoms with van der Waals surface area (Å²) in [6.07, 6.45) is 4.64. The van der Waals surface area contributed by atoms with E-state index in [-0.39, 0.29) is 5.91 Å². The van der Waals surface area contributed by atoms with Gasteiger partial charge in [0.25, 0.3) is 0 Å². The van der Waals surface area contributed by atoms with Crippen LogP contribution in [0, 0.1) is 6.92 Å². The highest BCUT2D eigenvalue weighted by Gasteiger charge is 2.39. The van der Waals surface area contributed by atoms with E-state index in [1.165, 1.54) is 18.4 Å². The van der Waals surface area contributed by atoms with Gasteiger partial charge in [0, 0.05) is 25.2 Å². The number of amides is 1. The van der Waals surface area contributed by atoms with E-state index in [9.17, 15) is 4.79 Å². The smallest absolute Gasteiger partial charge is 0.242 e. The lowest BCUT2D eigenvalue weighted by molar-refractivity contribution is -0.133. The quantitative estimate of drug-likeness (QED) is 0.648. The van der Waals surface area contributed by atoms with Crippen molar-refractivity contribution in [2.24, 2.45) is 0 Å². The molecule has 5 rings (SSSR count). The van der Waals surface area contributed by atoms with Crippen molar-refractivity contribution in [3.8, 4) is 0 Å². The minimum absolute atomic E-state index is 0.232. The minimum atomic E-state index is 0.232. The largest absolute Gasteiger partial charge is 0.337 e. The second-order valence-corrected chi connectivity index (χ2v) is 8.70. The molecule has 1 amide bonds. The fourth-order valence-corrected chi connectivity index (χ4v) is 5.43. The number of hydrogen-bond acceptors (Lipinski definition) is 3. The van der Waals surface area contributed by atoms with E-state index in [1.54, 1.807) is 0 Å². The Morgan fingerprint density at radius 3 is 2.57 bits per heavy atom. The zero-order valence-corrected chi connectivity index (χ0v) is 17.7. The number of hydrogen-bond donors (Lipinski definition) is 0. The maximum Gasteiger partial charge on any atom is 0.242 e. The molecule has 2 aromatic carbocycles. The molecule has 3 aromatic rings. The number of fused-ring (bicyclic) bond motifs is 1. The molecule has 2 aliphatic heterocycles. The van der Waals surface area contributed by atoms with Gasteiger partial charge >= 0.3 is 0 Å². The third kappa shape index (κ3) is 3.63. The highest BCUT2D eigenvalue weighted by Crippen LogP contribution is 2.31. The molecule has 2 aliphatic rings. The Balaban J connectivity index is 1.33. The Hall–Kier alpha value is -2.66. The van der Waals surface area contributed by atoms with E-state index >= 15 is 0 Å². The normalized spacial score (nSPS) is 22.2. The third-order valence-corrected chi connectivity index (χ3v) is 6.85. The van der Waals surface area contributed by atoms with Crippen molar-refractivity contribution in [3.63, 3.8) is 0 Å². The zero-order chi connectivity index (χ0) is 20.5. The van der Waals surface area contributed by atoms with Crippen molar-refractivity contribution in [2.75, 3.05) is 13.1 Å². The molecule has 156 valence electrons. The van der Waals surface area contributed by atoms with Crippen LogP contribution in [-0.2, 0) is 17.9 Å². The van der Waals surface area contributed by atoms with Gasteiger partial charge in [0.05, 0.1) is 11.0 Å². The first-order valence-electron chi connectivity index (χ1n) is 11.2. The van der Waals surface area contributed by atoms with Crippen LogP contribution in [-0.4, -0.2) is 50.4 Å². The number of para-hydroxylation sites is 2. The van der Waals surface area contributed by atoms with Gasteiger partial charge in [0.2, 0.25) is 5.91 Å². The molecular formula is C25H30N4O. The highest BCUT2D eigenvalue weighted by atomic mass is 16.2. The van der Waals surface area contributed by atoms with Gasteiger partial charge in [-0.05, 0) is 56.8 Å². The summed E-state index contributed by atoms with van der Waals surface area (Å²) in [6.45, 7) is 5.37. The molecule has 3 heterocycles. The fraction of sp³-hybridized carbons (Fsp3) is 0.440. The summed E-state index contributed by atoms with van der Waals surface area (Å²) < 4.78 is 2.07. The van der Waals surface area contributed by atoms with E-state index in [4.69, 9.17) is 0 Å². The molecule has 2 fully saturated rings. The van der Waals surface area contributed by atoms with Crippen LogP contribution in [0.2, 0.25) is 0 Å². The van der Waals surface area contributed by atoms with Crippen molar-refractivity contribution in [1.82, 2.24) is 19.4 Å². The molecule has 2 saturated heterocycles. The molecule has 2 atom stereocenters. The van der Waals surface area contributed by atoms with Gasteiger partial charge < -0.3 is 9.47 Å². The van der Waals surface area contributed by atoms with Gasteiger partial charge in [-0.15, -0.1) is 0 Å². The number of carbonyl (C=O) groups is 1. The van der Waals surface area contributed by atoms with Gasteiger partial charge in [0.1, 0.15) is 12.4 Å². The maximum atomic E-state index is 13.4. The summed E-state index contributed by atoms with van der Waals surface area (Å²) in [7, 11) is 0. The second-order valence-electron chi connectivity index (χ2n) is 8.70. The lowest BCUT2D eigenvalue weighted by Gasteiger charge is -2.35. The molecule has 0 radical (unpaired) electrons. The average molecular weight is 403 g/mol. The Morgan fingerprint density at radius 1 is 0.967 bits per heavy atom. The average Bonchev–Trinajstić information content (AvgIpc) is 3.48. The Labute approximate surface area is 178 Å². The van der Waals surface area contributed by atoms with Crippen molar-refractivity contribution < 1.29 is 4.79 Å². The van der Waals surface area contributed by atoms with E-state index in [0.717, 1.165) is 49.3 Å². The first kappa shape index (κ1) is 19.3. The topological polar surface area (TPSA) is 41.4 Å². The van der Waals surface area contributed by atoms with Gasteiger partial charge in [-0.3, -0.25) is 9.69 Å². The summed E-state index contributed by atoms with van der Waals surface area (Å²) in [4.78, 5) is 22.8. The summed E-state index contributed by atoms with van der Waals surface area (Å²) in [6, 6.07) is 19.6. The monoisotopic (exact) mass is 402 g/mol. The van der Waals surface area contributed by atoms with Crippen LogP contribution < -0.4 is 0 Å². The summed E-state index contributed by atoms with van der Waals surface area (Å²) >= 11 is 0. The van der Waals surface area contributed by atoms with Gasteiger partial charge in [-0.2, -0.15) is 0 Å². The summed E-state index contributed by atoms with van der Waals surface area (Å²) in [5.74, 6) is 1.14. The van der Waals surface area contributed by atoms with Crippen molar-refractivity contribution in [1.29, 1.82) is 0 Å². The standard InChI is InChI=1S/C25H30N4O/c1-19-26-21-11-5-6-12-22(21)29(19)18-25(30)28-16-8-14-24(28)23-13-7-15-27(23)17-20-9-3-2-4-10-20/h2-6,9-12,23-24H,7-8,13-18H2,1H3/t23-,24+/m1/s1. The number of aryl methyl sites for hydroxylation is 1. The lowest BCUT2D eigenvalue weighted by atomic mass is 10.0. The summed E-state index contributed by atoms with van der Waals surface area (Å²) in [5, 5.41) is 0. The van der Waals surface area contributed by atoms with E-state index in [1.807, 2.05) is 25.1 Å². The van der Waals surface area contributed by atoms with Crippen LogP contribution in [0.25, 0.3) is 11.0 Å². The van der Waals surface area contributed by atoms with Crippen molar-refractivity contribution in [3.05, 3.63) is 66.0 Å². The lowest BCUT2D eigenvalue weighted by Crippen LogP contribution is -2.48. The van der Waals surface area contributed by atoms with Crippen LogP contribution >= 0.6 is 0 Å². The molecule has 0 unspecified atom stereocenters. The number of rotatable bonds is 5. The summed E-state index contributed by atoms with van der Waals surface area (Å²) in [5.41, 5.74) is 3.37. The molecule has 0 aliphatic carbocycles. The van der Waals surface area contributed by atoms with E-state index < -0.39 is 0 Å². The van der Waals surface area contributed by atoms with Crippen molar-refractivity contribution in [2.45, 2.75) is 57.8 Å². The molecule has 0 saturated carbocycles. The van der Waals surface area contributed by atoms with Crippen LogP contribution in [0.4, 0.5) is 0 Å². The number of benzene rings is 2. The minimum Gasteiger partial charge on any atom is -0.337 e. The van der Waals surface area contributed by atoms with Gasteiger partial charge in [0.15, 0.2) is 0 Å². The third-order valence-electron chi connectivity index (χ3n) is 6.85. The molecule has 0 N–H and O–H groups in total. The SMILES string of the molecule is Cc1nc2ccccc2n1CC(=O)N1CCC[C@H]1[C@H]1CCCN1Cc1ccccc1. The second kappa shape index (κ2) is 8.23. The van der Waals surface area contributed by atoms with Crippen molar-refractivity contribution >= 4 is 16.9 Å². The Bertz CT molecular complexity index is 1030. The molecule has 0 spiro atoms. The number of likely N-dealkylation sites (tertiary alicyclic amines) is 2. The predicted octanol–water partition coefficient (Wildman–Crippen LogP) is 4.00. The van der Waals surface area contributed by atoms with E-state index in [0.29, 0.717) is 18.6 Å². The van der Waals surface area contributed by atoms with E-state index in [2.05, 4.69) is 55.7 Å². The fourth-order valence-electron chi connectivity index (χ4n) is 5.43. The number of carbonyl (C=O) groups excluding carboxylic acids is 1. The van der Waals surface area contributed by atoms with Gasteiger partial charge in [-0.25, -0.2) is 4.98 Å². The molecule has 0 bridgehead atoms. The molecule has 5 heteroatoms. The molecule has 5 nitrogen and oxygen atoms in total. The number of imidazole rings is 1.